The van der Waals surface area contributed by atoms with Gasteiger partial charge in [-0.05, 0) is 46.6 Å². The molecule has 4 heteroatoms. The van der Waals surface area contributed by atoms with E-state index in [1.165, 1.54) is 0 Å². The van der Waals surface area contributed by atoms with Gasteiger partial charge in [-0.15, -0.1) is 0 Å². The summed E-state index contributed by atoms with van der Waals surface area (Å²) < 4.78 is 0.739. The van der Waals surface area contributed by atoms with Crippen LogP contribution in [0.5, 0.6) is 11.5 Å². The zero-order valence-electron chi connectivity index (χ0n) is 12.1. The third kappa shape index (κ3) is 4.22. The lowest BCUT2D eigenvalue weighted by atomic mass is 10.1. The second-order valence-corrected chi connectivity index (χ2v) is 5.88. The Bertz CT molecular complexity index is 601. The summed E-state index contributed by atoms with van der Waals surface area (Å²) in [6.45, 7) is 4.46. The molecule has 2 N–H and O–H groups in total. The summed E-state index contributed by atoms with van der Waals surface area (Å²) in [5.41, 5.74) is 1.96. The largest absolute Gasteiger partial charge is 0.508 e. The van der Waals surface area contributed by atoms with Gasteiger partial charge in [0.1, 0.15) is 11.5 Å². The van der Waals surface area contributed by atoms with Crippen molar-refractivity contribution in [3.05, 3.63) is 58.1 Å². The lowest BCUT2D eigenvalue weighted by Crippen LogP contribution is -2.23. The Balaban J connectivity index is 2.16. The summed E-state index contributed by atoms with van der Waals surface area (Å²) in [6.07, 6.45) is 1.03. The monoisotopic (exact) mass is 349 g/mol. The Morgan fingerprint density at radius 2 is 1.52 bits per heavy atom. The maximum Gasteiger partial charge on any atom is 0.130 e. The van der Waals surface area contributed by atoms with E-state index in [0.29, 0.717) is 12.3 Å². The highest BCUT2D eigenvalue weighted by atomic mass is 79.9. The zero-order chi connectivity index (χ0) is 15.2. The fourth-order valence-corrected chi connectivity index (χ4v) is 2.73. The van der Waals surface area contributed by atoms with Gasteiger partial charge in [0.2, 0.25) is 0 Å². The summed E-state index contributed by atoms with van der Waals surface area (Å²) >= 11 is 3.43. The van der Waals surface area contributed by atoms with Gasteiger partial charge in [-0.2, -0.15) is 0 Å². The first-order chi connectivity index (χ1) is 10.1. The number of hydrogen-bond donors (Lipinski definition) is 2. The molecule has 0 unspecified atom stereocenters. The van der Waals surface area contributed by atoms with Crippen LogP contribution in [0.1, 0.15) is 24.5 Å². The Morgan fingerprint density at radius 3 is 2.24 bits per heavy atom. The van der Waals surface area contributed by atoms with Crippen molar-refractivity contribution in [3.8, 4) is 11.5 Å². The second kappa shape index (κ2) is 7.48. The van der Waals surface area contributed by atoms with Gasteiger partial charge < -0.3 is 10.2 Å². The number of halogens is 1. The van der Waals surface area contributed by atoms with E-state index >= 15 is 0 Å². The number of benzene rings is 2. The van der Waals surface area contributed by atoms with Crippen molar-refractivity contribution in [3.63, 3.8) is 0 Å². The maximum absolute atomic E-state index is 9.92. The van der Waals surface area contributed by atoms with Gasteiger partial charge >= 0.3 is 0 Å². The number of phenols is 2. The Labute approximate surface area is 134 Å². The summed E-state index contributed by atoms with van der Waals surface area (Å²) in [4.78, 5) is 2.26. The van der Waals surface area contributed by atoms with Crippen molar-refractivity contribution in [1.29, 1.82) is 0 Å². The van der Waals surface area contributed by atoms with Crippen LogP contribution < -0.4 is 0 Å². The standard InChI is InChI=1S/C17H20BrNO2/c1-2-10-19(11-13-6-3-4-8-15(13)20)12-14-7-5-9-16(21)17(14)18/h3-9,20-21H,2,10-12H2,1H3. The molecule has 3 nitrogen and oxygen atoms in total. The van der Waals surface area contributed by atoms with Gasteiger partial charge in [0.25, 0.3) is 0 Å². The van der Waals surface area contributed by atoms with Crippen LogP contribution in [0.3, 0.4) is 0 Å². The smallest absolute Gasteiger partial charge is 0.130 e. The predicted octanol–water partition coefficient (Wildman–Crippen LogP) is 4.27. The molecule has 21 heavy (non-hydrogen) atoms. The normalized spacial score (nSPS) is 11.0. The van der Waals surface area contributed by atoms with Crippen molar-refractivity contribution in [1.82, 2.24) is 4.90 Å². The number of rotatable bonds is 6. The van der Waals surface area contributed by atoms with Crippen molar-refractivity contribution in [2.45, 2.75) is 26.4 Å². The van der Waals surface area contributed by atoms with Gasteiger partial charge in [0.05, 0.1) is 4.47 Å². The Kier molecular flexibility index (Phi) is 5.65. The molecule has 0 aliphatic carbocycles. The highest BCUT2D eigenvalue weighted by molar-refractivity contribution is 9.10. The van der Waals surface area contributed by atoms with E-state index in [-0.39, 0.29) is 5.75 Å². The van der Waals surface area contributed by atoms with Crippen LogP contribution >= 0.6 is 15.9 Å². The molecule has 2 rings (SSSR count). The van der Waals surface area contributed by atoms with Gasteiger partial charge in [-0.25, -0.2) is 0 Å². The van der Waals surface area contributed by atoms with Crippen LogP contribution in [0.25, 0.3) is 0 Å². The summed E-state index contributed by atoms with van der Waals surface area (Å²) in [5, 5.41) is 19.7. The average molecular weight is 350 g/mol. The molecule has 0 bridgehead atoms. The van der Waals surface area contributed by atoms with Gasteiger partial charge in [-0.3, -0.25) is 4.90 Å². The SMILES string of the molecule is CCCN(Cc1ccccc1O)Cc1cccc(O)c1Br. The highest BCUT2D eigenvalue weighted by Gasteiger charge is 2.12. The number of phenolic OH excluding ortho intramolecular Hbond substituents is 2. The van der Waals surface area contributed by atoms with Crippen LogP contribution in [0, 0.1) is 0 Å². The third-order valence-electron chi connectivity index (χ3n) is 3.38. The molecule has 0 spiro atoms. The van der Waals surface area contributed by atoms with Crippen LogP contribution in [-0.4, -0.2) is 21.7 Å². The Hall–Kier alpha value is -1.52. The van der Waals surface area contributed by atoms with Crippen molar-refractivity contribution in [2.24, 2.45) is 0 Å². The summed E-state index contributed by atoms with van der Waals surface area (Å²) in [7, 11) is 0. The average Bonchev–Trinajstić information content (AvgIpc) is 2.46. The summed E-state index contributed by atoms with van der Waals surface area (Å²) in [6, 6.07) is 12.9. The fraction of sp³-hybridized carbons (Fsp3) is 0.294. The van der Waals surface area contributed by atoms with Crippen LogP contribution in [0.2, 0.25) is 0 Å². The highest BCUT2D eigenvalue weighted by Crippen LogP contribution is 2.29. The Morgan fingerprint density at radius 1 is 0.905 bits per heavy atom. The molecule has 112 valence electrons. The molecular weight excluding hydrogens is 330 g/mol. The molecule has 0 heterocycles. The van der Waals surface area contributed by atoms with E-state index < -0.39 is 0 Å². The van der Waals surface area contributed by atoms with E-state index in [1.54, 1.807) is 12.1 Å². The minimum atomic E-state index is 0.256. The quantitative estimate of drug-likeness (QED) is 0.818. The van der Waals surface area contributed by atoms with E-state index in [9.17, 15) is 10.2 Å². The summed E-state index contributed by atoms with van der Waals surface area (Å²) in [5.74, 6) is 0.583. The molecule has 0 aliphatic heterocycles. The molecule has 0 aromatic heterocycles. The van der Waals surface area contributed by atoms with Gasteiger partial charge in [0.15, 0.2) is 0 Å². The first-order valence-electron chi connectivity index (χ1n) is 7.07. The van der Waals surface area contributed by atoms with E-state index in [4.69, 9.17) is 0 Å². The lowest BCUT2D eigenvalue weighted by molar-refractivity contribution is 0.253. The predicted molar refractivity (Wildman–Crippen MR) is 88.3 cm³/mol. The van der Waals surface area contributed by atoms with Crippen molar-refractivity contribution >= 4 is 15.9 Å². The third-order valence-corrected chi connectivity index (χ3v) is 4.29. The maximum atomic E-state index is 9.92. The zero-order valence-corrected chi connectivity index (χ0v) is 13.7. The second-order valence-electron chi connectivity index (χ2n) is 5.09. The molecule has 0 atom stereocenters. The topological polar surface area (TPSA) is 43.7 Å². The van der Waals surface area contributed by atoms with Crippen molar-refractivity contribution in [2.75, 3.05) is 6.54 Å². The van der Waals surface area contributed by atoms with E-state index in [1.807, 2.05) is 30.3 Å². The minimum Gasteiger partial charge on any atom is -0.508 e. The first-order valence-corrected chi connectivity index (χ1v) is 7.86. The lowest BCUT2D eigenvalue weighted by Gasteiger charge is -2.23. The number of hydrogen-bond acceptors (Lipinski definition) is 3. The van der Waals surface area contributed by atoms with Crippen molar-refractivity contribution < 1.29 is 10.2 Å². The molecule has 0 radical (unpaired) electrons. The molecule has 2 aromatic rings. The number of para-hydroxylation sites is 1. The van der Waals surface area contributed by atoms with E-state index in [0.717, 1.165) is 35.1 Å². The molecule has 0 saturated heterocycles. The van der Waals surface area contributed by atoms with Crippen LogP contribution in [-0.2, 0) is 13.1 Å². The minimum absolute atomic E-state index is 0.256. The molecule has 0 aliphatic rings. The van der Waals surface area contributed by atoms with Gasteiger partial charge in [0, 0.05) is 18.7 Å². The number of nitrogens with zero attached hydrogens (tertiary/aromatic N) is 1. The van der Waals surface area contributed by atoms with Crippen LogP contribution in [0.15, 0.2) is 46.9 Å². The molecule has 0 fully saturated rings. The molecular formula is C17H20BrNO2. The fourth-order valence-electron chi connectivity index (χ4n) is 2.34. The molecule has 0 saturated carbocycles. The van der Waals surface area contributed by atoms with Gasteiger partial charge in [-0.1, -0.05) is 37.3 Å². The van der Waals surface area contributed by atoms with E-state index in [2.05, 4.69) is 27.8 Å². The number of aromatic hydroxyl groups is 2. The molecule has 0 amide bonds. The first kappa shape index (κ1) is 15.9. The van der Waals surface area contributed by atoms with Crippen LogP contribution in [0.4, 0.5) is 0 Å². The molecule has 2 aromatic carbocycles.